The summed E-state index contributed by atoms with van der Waals surface area (Å²) in [5.74, 6) is -2.69. The van der Waals surface area contributed by atoms with Gasteiger partial charge in [0.2, 0.25) is 11.6 Å². The lowest BCUT2D eigenvalue weighted by Gasteiger charge is -2.16. The van der Waals surface area contributed by atoms with Crippen LogP contribution < -0.4 is 0 Å². The smallest absolute Gasteiger partial charge is 0.233 e. The molecule has 3 rings (SSSR count). The van der Waals surface area contributed by atoms with Gasteiger partial charge < -0.3 is 15.3 Å². The number of carbonyl (C=O) groups is 2. The van der Waals surface area contributed by atoms with Crippen LogP contribution in [0.4, 0.5) is 0 Å². The summed E-state index contributed by atoms with van der Waals surface area (Å²) in [5, 5.41) is 30.5. The van der Waals surface area contributed by atoms with Crippen LogP contribution in [0.3, 0.4) is 0 Å². The average Bonchev–Trinajstić information content (AvgIpc) is 2.34. The molecule has 2 aromatic carbocycles. The molecule has 1 aliphatic carbocycles. The molecule has 0 atom stereocenters. The standard InChI is InChI=1S/C15H10O5/c1-6-2-7-4-8-13(10(17)5-11(18)14(8)19)15(20)12(7)9(16)3-6/h2-5,16-17,20H,1H3. The van der Waals surface area contributed by atoms with Gasteiger partial charge in [-0.15, -0.1) is 0 Å². The van der Waals surface area contributed by atoms with Crippen molar-refractivity contribution in [2.45, 2.75) is 6.92 Å². The molecular formula is C15H10O5. The van der Waals surface area contributed by atoms with Crippen LogP contribution in [0.2, 0.25) is 0 Å². The van der Waals surface area contributed by atoms with E-state index in [4.69, 9.17) is 0 Å². The van der Waals surface area contributed by atoms with Crippen LogP contribution in [-0.4, -0.2) is 26.9 Å². The second-order valence-corrected chi connectivity index (χ2v) is 4.75. The van der Waals surface area contributed by atoms with Crippen molar-refractivity contribution in [2.75, 3.05) is 0 Å². The first-order chi connectivity index (χ1) is 9.40. The molecule has 0 unspecified atom stereocenters. The summed E-state index contributed by atoms with van der Waals surface area (Å²) >= 11 is 0. The minimum atomic E-state index is -0.842. The van der Waals surface area contributed by atoms with Gasteiger partial charge in [-0.1, -0.05) is 6.07 Å². The molecule has 20 heavy (non-hydrogen) atoms. The first-order valence-electron chi connectivity index (χ1n) is 5.89. The minimum absolute atomic E-state index is 0.0648. The predicted octanol–water partition coefficient (Wildman–Crippen LogP) is 2.22. The number of Topliss-reactive ketones (excluding diaryl/α,β-unsaturated/α-hetero) is 1. The molecule has 0 fully saturated rings. The highest BCUT2D eigenvalue weighted by Gasteiger charge is 2.30. The Morgan fingerprint density at radius 2 is 1.70 bits per heavy atom. The van der Waals surface area contributed by atoms with E-state index in [2.05, 4.69) is 0 Å². The number of hydrogen-bond donors (Lipinski definition) is 3. The predicted molar refractivity (Wildman–Crippen MR) is 72.0 cm³/mol. The fourth-order valence-corrected chi connectivity index (χ4v) is 2.48. The van der Waals surface area contributed by atoms with E-state index in [1.54, 1.807) is 13.0 Å². The number of ketones is 2. The summed E-state index contributed by atoms with van der Waals surface area (Å²) in [6, 6.07) is 4.52. The van der Waals surface area contributed by atoms with Gasteiger partial charge in [-0.2, -0.15) is 0 Å². The van der Waals surface area contributed by atoms with E-state index in [0.717, 1.165) is 11.6 Å². The van der Waals surface area contributed by atoms with Crippen molar-refractivity contribution in [1.82, 2.24) is 0 Å². The van der Waals surface area contributed by atoms with Crippen molar-refractivity contribution in [3.63, 3.8) is 0 Å². The summed E-state index contributed by atoms with van der Waals surface area (Å²) in [5.41, 5.74) is 0.551. The zero-order chi connectivity index (χ0) is 14.6. The van der Waals surface area contributed by atoms with Gasteiger partial charge in [-0.3, -0.25) is 9.59 Å². The topological polar surface area (TPSA) is 94.8 Å². The molecular weight excluding hydrogens is 260 g/mol. The molecule has 0 amide bonds. The number of phenols is 2. The van der Waals surface area contributed by atoms with Crippen LogP contribution in [0, 0.1) is 6.92 Å². The van der Waals surface area contributed by atoms with Crippen molar-refractivity contribution in [3.05, 3.63) is 41.0 Å². The number of carbonyl (C=O) groups excluding carboxylic acids is 2. The van der Waals surface area contributed by atoms with E-state index >= 15 is 0 Å². The lowest BCUT2D eigenvalue weighted by atomic mass is 9.89. The van der Waals surface area contributed by atoms with E-state index < -0.39 is 23.1 Å². The van der Waals surface area contributed by atoms with Crippen molar-refractivity contribution in [3.8, 4) is 11.5 Å². The maximum Gasteiger partial charge on any atom is 0.233 e. The second-order valence-electron chi connectivity index (χ2n) is 4.75. The molecule has 2 aromatic rings. The maximum absolute atomic E-state index is 11.8. The van der Waals surface area contributed by atoms with E-state index in [1.807, 2.05) is 0 Å². The molecule has 3 N–H and O–H groups in total. The fraction of sp³-hybridized carbons (Fsp3) is 0.0667. The number of fused-ring (bicyclic) bond motifs is 2. The van der Waals surface area contributed by atoms with Crippen molar-refractivity contribution in [2.24, 2.45) is 0 Å². The second kappa shape index (κ2) is 3.84. The molecule has 0 saturated carbocycles. The lowest BCUT2D eigenvalue weighted by Crippen LogP contribution is -2.18. The van der Waals surface area contributed by atoms with Crippen LogP contribution in [-0.2, 0) is 4.79 Å². The number of rotatable bonds is 0. The summed E-state index contributed by atoms with van der Waals surface area (Å²) in [6.45, 7) is 1.75. The molecule has 0 radical (unpaired) electrons. The molecule has 100 valence electrons. The Labute approximate surface area is 113 Å². The number of aliphatic hydroxyl groups is 1. The van der Waals surface area contributed by atoms with Crippen LogP contribution in [0.25, 0.3) is 16.5 Å². The Morgan fingerprint density at radius 3 is 2.40 bits per heavy atom. The normalized spacial score (nSPS) is 14.3. The highest BCUT2D eigenvalue weighted by molar-refractivity contribution is 6.50. The van der Waals surface area contributed by atoms with Crippen LogP contribution in [0.15, 0.2) is 24.3 Å². The molecule has 5 heteroatoms. The van der Waals surface area contributed by atoms with Crippen molar-refractivity contribution < 1.29 is 24.9 Å². The summed E-state index contributed by atoms with van der Waals surface area (Å²) in [6.07, 6.45) is 0.765. The highest BCUT2D eigenvalue weighted by Crippen LogP contribution is 2.41. The maximum atomic E-state index is 11.8. The largest absolute Gasteiger partial charge is 0.507 e. The fourth-order valence-electron chi connectivity index (χ4n) is 2.48. The first kappa shape index (κ1) is 12.2. The molecule has 0 aliphatic heterocycles. The first-order valence-corrected chi connectivity index (χ1v) is 5.89. The van der Waals surface area contributed by atoms with E-state index in [1.165, 1.54) is 12.1 Å². The van der Waals surface area contributed by atoms with Gasteiger partial charge in [0, 0.05) is 11.6 Å². The molecule has 0 aromatic heterocycles. The van der Waals surface area contributed by atoms with Crippen LogP contribution in [0.5, 0.6) is 11.5 Å². The number of allylic oxidation sites excluding steroid dienone is 1. The van der Waals surface area contributed by atoms with Crippen molar-refractivity contribution >= 4 is 28.1 Å². The zero-order valence-corrected chi connectivity index (χ0v) is 10.5. The Bertz CT molecular complexity index is 830. The minimum Gasteiger partial charge on any atom is -0.507 e. The third-order valence-electron chi connectivity index (χ3n) is 3.33. The van der Waals surface area contributed by atoms with Gasteiger partial charge in [0.25, 0.3) is 0 Å². The van der Waals surface area contributed by atoms with Crippen molar-refractivity contribution in [1.29, 1.82) is 0 Å². The Hall–Kier alpha value is -2.82. The quantitative estimate of drug-likeness (QED) is 0.638. The molecule has 0 heterocycles. The summed E-state index contributed by atoms with van der Waals surface area (Å²) in [7, 11) is 0. The van der Waals surface area contributed by atoms with Crippen LogP contribution >= 0.6 is 0 Å². The molecule has 0 bridgehead atoms. The number of hydrogen-bond acceptors (Lipinski definition) is 5. The van der Waals surface area contributed by atoms with E-state index in [-0.39, 0.29) is 22.3 Å². The lowest BCUT2D eigenvalue weighted by molar-refractivity contribution is -0.111. The Balaban J connectivity index is 2.51. The van der Waals surface area contributed by atoms with Gasteiger partial charge >= 0.3 is 0 Å². The zero-order valence-electron chi connectivity index (χ0n) is 10.5. The monoisotopic (exact) mass is 270 g/mol. The third kappa shape index (κ3) is 1.50. The highest BCUT2D eigenvalue weighted by atomic mass is 16.3. The molecule has 5 nitrogen and oxygen atoms in total. The van der Waals surface area contributed by atoms with Crippen LogP contribution in [0.1, 0.15) is 21.5 Å². The van der Waals surface area contributed by atoms with Gasteiger partial charge in [0.1, 0.15) is 17.3 Å². The van der Waals surface area contributed by atoms with E-state index in [9.17, 15) is 24.9 Å². The van der Waals surface area contributed by atoms with Gasteiger partial charge in [0.15, 0.2) is 0 Å². The SMILES string of the molecule is Cc1cc(O)c2c(O)c3c(cc2c1)C(=O)C(=O)C=C3O. The number of aliphatic hydroxyl groups excluding tert-OH is 1. The Kier molecular flexibility index (Phi) is 2.34. The van der Waals surface area contributed by atoms with Gasteiger partial charge in [-0.25, -0.2) is 0 Å². The number of phenolic OH excluding ortho intramolecular Hbond substituents is 2. The number of benzene rings is 2. The number of aryl methyl sites for hydroxylation is 1. The average molecular weight is 270 g/mol. The summed E-state index contributed by atoms with van der Waals surface area (Å²) in [4.78, 5) is 23.3. The molecule has 0 saturated heterocycles. The van der Waals surface area contributed by atoms with E-state index in [0.29, 0.717) is 5.39 Å². The van der Waals surface area contributed by atoms with Gasteiger partial charge in [0.05, 0.1) is 10.9 Å². The van der Waals surface area contributed by atoms with Gasteiger partial charge in [-0.05, 0) is 30.0 Å². The molecule has 0 spiro atoms. The molecule has 1 aliphatic rings. The number of aromatic hydroxyl groups is 2. The summed E-state index contributed by atoms with van der Waals surface area (Å²) < 4.78 is 0. The Morgan fingerprint density at radius 1 is 1.00 bits per heavy atom. The third-order valence-corrected chi connectivity index (χ3v) is 3.33.